The van der Waals surface area contributed by atoms with Gasteiger partial charge in [0.2, 0.25) is 18.1 Å². The van der Waals surface area contributed by atoms with Crippen LogP contribution in [0.3, 0.4) is 0 Å². The minimum Gasteiger partial charge on any atom is -0.445 e. The average Bonchev–Trinajstić information content (AvgIpc) is 3.42. The Morgan fingerprint density at radius 3 is 2.57 bits per heavy atom. The van der Waals surface area contributed by atoms with Gasteiger partial charge in [0.05, 0.1) is 6.42 Å². The maximum absolute atomic E-state index is 13.5. The van der Waals surface area contributed by atoms with Gasteiger partial charge in [0.1, 0.15) is 24.7 Å². The number of hydrogen-bond donors (Lipinski definition) is 2. The molecule has 4 unspecified atom stereocenters. The Labute approximate surface area is 205 Å². The lowest BCUT2D eigenvalue weighted by atomic mass is 9.85. The monoisotopic (exact) mass is 489 g/mol. The first-order chi connectivity index (χ1) is 16.6. The van der Waals surface area contributed by atoms with E-state index in [9.17, 15) is 19.2 Å². The zero-order valence-corrected chi connectivity index (χ0v) is 20.7. The molecule has 2 N–H and O–H groups in total. The van der Waals surface area contributed by atoms with Crippen LogP contribution in [0, 0.1) is 5.41 Å². The molecule has 2 aliphatic rings. The highest BCUT2D eigenvalue weighted by Gasteiger charge is 2.44. The maximum Gasteiger partial charge on any atom is 0.408 e. The van der Waals surface area contributed by atoms with E-state index in [1.807, 2.05) is 51.1 Å². The summed E-state index contributed by atoms with van der Waals surface area (Å²) in [5.74, 6) is -1.17. The highest BCUT2D eigenvalue weighted by molar-refractivity contribution is 5.92. The Kier molecular flexibility index (Phi) is 8.71. The van der Waals surface area contributed by atoms with E-state index in [-0.39, 0.29) is 24.8 Å². The van der Waals surface area contributed by atoms with Crippen molar-refractivity contribution in [1.82, 2.24) is 15.5 Å². The van der Waals surface area contributed by atoms with Crippen LogP contribution >= 0.6 is 0 Å². The fraction of sp³-hybridized carbons (Fsp3) is 0.600. The molecule has 192 valence electrons. The Balaban J connectivity index is 1.64. The highest BCUT2D eigenvalue weighted by Crippen LogP contribution is 2.27. The minimum absolute atomic E-state index is 0.0104. The molecule has 1 aromatic carbocycles. The molecule has 2 fully saturated rings. The van der Waals surface area contributed by atoms with Gasteiger partial charge in [-0.05, 0) is 30.7 Å². The second kappa shape index (κ2) is 11.5. The van der Waals surface area contributed by atoms with Crippen molar-refractivity contribution < 1.29 is 33.4 Å². The lowest BCUT2D eigenvalue weighted by molar-refractivity contribution is -0.164. The highest BCUT2D eigenvalue weighted by atomic mass is 16.7. The summed E-state index contributed by atoms with van der Waals surface area (Å²) in [4.78, 5) is 52.3. The number of rotatable bonds is 8. The summed E-state index contributed by atoms with van der Waals surface area (Å²) in [6.07, 6.45) is -0.410. The number of alkyl carbamates (subject to hydrolysis) is 1. The molecule has 2 aliphatic heterocycles. The van der Waals surface area contributed by atoms with Gasteiger partial charge in [0.25, 0.3) is 0 Å². The maximum atomic E-state index is 13.5. The van der Waals surface area contributed by atoms with E-state index in [2.05, 4.69) is 10.6 Å². The third kappa shape index (κ3) is 6.94. The molecule has 10 heteroatoms. The first kappa shape index (κ1) is 26.5. The van der Waals surface area contributed by atoms with Crippen molar-refractivity contribution in [3.8, 4) is 0 Å². The molecule has 2 heterocycles. The molecule has 0 bridgehead atoms. The molecule has 4 atom stereocenters. The van der Waals surface area contributed by atoms with Gasteiger partial charge in [-0.2, -0.15) is 0 Å². The number of carbonyl (C=O) groups excluding carboxylic acids is 4. The third-order valence-electron chi connectivity index (χ3n) is 6.05. The van der Waals surface area contributed by atoms with E-state index in [1.54, 1.807) is 6.92 Å². The normalized spacial score (nSPS) is 22.9. The van der Waals surface area contributed by atoms with Gasteiger partial charge < -0.3 is 29.7 Å². The Morgan fingerprint density at radius 1 is 1.20 bits per heavy atom. The number of esters is 1. The molecule has 35 heavy (non-hydrogen) atoms. The summed E-state index contributed by atoms with van der Waals surface area (Å²) in [5, 5.41) is 5.51. The predicted molar refractivity (Wildman–Crippen MR) is 126 cm³/mol. The zero-order chi connectivity index (χ0) is 25.6. The quantitative estimate of drug-likeness (QED) is 0.536. The van der Waals surface area contributed by atoms with Crippen LogP contribution in [-0.4, -0.2) is 66.3 Å². The second-order valence-electron chi connectivity index (χ2n) is 9.83. The van der Waals surface area contributed by atoms with Crippen LogP contribution in [0.25, 0.3) is 0 Å². The number of nitrogens with zero attached hydrogens (tertiary/aromatic N) is 1. The van der Waals surface area contributed by atoms with Crippen molar-refractivity contribution in [1.29, 1.82) is 0 Å². The second-order valence-corrected chi connectivity index (χ2v) is 9.83. The Bertz CT molecular complexity index is 915. The Hall–Kier alpha value is -3.14. The van der Waals surface area contributed by atoms with Crippen LogP contribution in [0.1, 0.15) is 52.5 Å². The summed E-state index contributed by atoms with van der Waals surface area (Å²) in [7, 11) is 0. The number of cyclic esters (lactones) is 1. The summed E-state index contributed by atoms with van der Waals surface area (Å²) < 4.78 is 15.8. The number of ether oxygens (including phenoxy) is 3. The molecule has 0 aromatic heterocycles. The number of hydrogen-bond acceptors (Lipinski definition) is 7. The van der Waals surface area contributed by atoms with Crippen LogP contribution in [-0.2, 0) is 35.2 Å². The lowest BCUT2D eigenvalue weighted by Crippen LogP contribution is -2.58. The summed E-state index contributed by atoms with van der Waals surface area (Å²) in [6.45, 7) is 8.09. The number of nitrogens with one attached hydrogen (secondary N) is 2. The van der Waals surface area contributed by atoms with Crippen molar-refractivity contribution in [3.63, 3.8) is 0 Å². The Morgan fingerprint density at radius 2 is 1.91 bits per heavy atom. The molecule has 3 rings (SSSR count). The van der Waals surface area contributed by atoms with Gasteiger partial charge in [0, 0.05) is 13.2 Å². The standard InChI is InChI=1S/C25H35N3O7/c1-5-33-23-17(14-19(29)35-23)26-21(30)18-12-9-13-28(18)22(31)20(25(2,3)4)27-24(32)34-15-16-10-7-6-8-11-16/h6-8,10-11,17-18,20,23H,5,9,12-15H2,1-4H3,(H,26,30)(H,27,32). The summed E-state index contributed by atoms with van der Waals surface area (Å²) in [6, 6.07) is 7.02. The van der Waals surface area contributed by atoms with Crippen LogP contribution in [0.15, 0.2) is 30.3 Å². The van der Waals surface area contributed by atoms with Crippen LogP contribution < -0.4 is 10.6 Å². The fourth-order valence-electron chi connectivity index (χ4n) is 4.25. The fourth-order valence-corrected chi connectivity index (χ4v) is 4.25. The number of benzene rings is 1. The van der Waals surface area contributed by atoms with Crippen LogP contribution in [0.2, 0.25) is 0 Å². The number of likely N-dealkylation sites (tertiary alicyclic amines) is 1. The SMILES string of the molecule is CCOC1OC(=O)CC1NC(=O)C1CCCN1C(=O)C(NC(=O)OCc1ccccc1)C(C)(C)C. The van der Waals surface area contributed by atoms with Gasteiger partial charge in [-0.3, -0.25) is 14.4 Å². The van der Waals surface area contributed by atoms with Crippen LogP contribution in [0.4, 0.5) is 4.79 Å². The summed E-state index contributed by atoms with van der Waals surface area (Å²) >= 11 is 0. The molecular weight excluding hydrogens is 454 g/mol. The van der Waals surface area contributed by atoms with E-state index in [4.69, 9.17) is 14.2 Å². The minimum atomic E-state index is -0.897. The van der Waals surface area contributed by atoms with Crippen molar-refractivity contribution in [2.75, 3.05) is 13.2 Å². The molecule has 0 radical (unpaired) electrons. The van der Waals surface area contributed by atoms with E-state index >= 15 is 0 Å². The van der Waals surface area contributed by atoms with E-state index < -0.39 is 41.9 Å². The van der Waals surface area contributed by atoms with Crippen molar-refractivity contribution in [2.24, 2.45) is 5.41 Å². The number of amides is 3. The van der Waals surface area contributed by atoms with Crippen molar-refractivity contribution >= 4 is 23.9 Å². The average molecular weight is 490 g/mol. The molecule has 2 saturated heterocycles. The van der Waals surface area contributed by atoms with Crippen molar-refractivity contribution in [3.05, 3.63) is 35.9 Å². The van der Waals surface area contributed by atoms with Gasteiger partial charge in [-0.1, -0.05) is 51.1 Å². The first-order valence-electron chi connectivity index (χ1n) is 12.0. The third-order valence-corrected chi connectivity index (χ3v) is 6.05. The topological polar surface area (TPSA) is 123 Å². The van der Waals surface area contributed by atoms with Gasteiger partial charge in [-0.15, -0.1) is 0 Å². The molecule has 10 nitrogen and oxygen atoms in total. The molecule has 0 spiro atoms. The van der Waals surface area contributed by atoms with Gasteiger partial charge >= 0.3 is 12.1 Å². The van der Waals surface area contributed by atoms with E-state index in [0.29, 0.717) is 26.0 Å². The van der Waals surface area contributed by atoms with E-state index in [0.717, 1.165) is 5.56 Å². The molecular formula is C25H35N3O7. The van der Waals surface area contributed by atoms with Crippen LogP contribution in [0.5, 0.6) is 0 Å². The zero-order valence-electron chi connectivity index (χ0n) is 20.7. The van der Waals surface area contributed by atoms with Gasteiger partial charge in [-0.25, -0.2) is 4.79 Å². The molecule has 0 saturated carbocycles. The molecule has 3 amide bonds. The smallest absolute Gasteiger partial charge is 0.408 e. The van der Waals surface area contributed by atoms with E-state index in [1.165, 1.54) is 4.90 Å². The summed E-state index contributed by atoms with van der Waals surface area (Å²) in [5.41, 5.74) is 0.204. The molecule has 0 aliphatic carbocycles. The predicted octanol–water partition coefficient (Wildman–Crippen LogP) is 2.11. The first-order valence-corrected chi connectivity index (χ1v) is 12.0. The molecule has 1 aromatic rings. The lowest BCUT2D eigenvalue weighted by Gasteiger charge is -2.35. The van der Waals surface area contributed by atoms with Gasteiger partial charge in [0.15, 0.2) is 0 Å². The largest absolute Gasteiger partial charge is 0.445 e. The van der Waals surface area contributed by atoms with Crippen molar-refractivity contribution in [2.45, 2.75) is 78.0 Å². The number of carbonyl (C=O) groups is 4.